The van der Waals surface area contributed by atoms with Gasteiger partial charge in [-0.2, -0.15) is 8.42 Å². The fourth-order valence-electron chi connectivity index (χ4n) is 6.88. The first-order valence-electron chi connectivity index (χ1n) is 18.1. The van der Waals surface area contributed by atoms with Crippen molar-refractivity contribution in [1.29, 1.82) is 0 Å². The minimum atomic E-state index is -4.94. The van der Waals surface area contributed by atoms with E-state index in [1.54, 1.807) is 72.8 Å². The van der Waals surface area contributed by atoms with Gasteiger partial charge in [-0.3, -0.25) is 4.55 Å². The number of nitrogens with one attached hydrogen (secondary N) is 2. The fraction of sp³-hybridized carbons (Fsp3) is 0.500. The minimum Gasteiger partial charge on any atom is -0.394 e. The Morgan fingerprint density at radius 2 is 1.75 bits per heavy atom. The third-order valence-corrected chi connectivity index (χ3v) is 12.4. The normalized spacial score (nSPS) is 21.1. The Labute approximate surface area is 323 Å². The molecule has 15 nitrogen and oxygen atoms in total. The maximum atomic E-state index is 14.0. The van der Waals surface area contributed by atoms with E-state index in [0.29, 0.717) is 29.7 Å². The molecule has 3 aromatic carbocycles. The van der Waals surface area contributed by atoms with Crippen molar-refractivity contribution in [1.82, 2.24) is 5.32 Å². The molecule has 0 saturated carbocycles. The topological polar surface area (TPSA) is 221 Å². The molecule has 304 valence electrons. The number of amides is 2. The summed E-state index contributed by atoms with van der Waals surface area (Å²) >= 11 is 0. The van der Waals surface area contributed by atoms with Crippen LogP contribution < -0.4 is 15.5 Å². The molecule has 0 aromatic heterocycles. The van der Waals surface area contributed by atoms with Gasteiger partial charge < -0.3 is 40.3 Å². The molecule has 4 rings (SSSR count). The second-order valence-corrected chi connectivity index (χ2v) is 17.0. The second-order valence-electron chi connectivity index (χ2n) is 13.9. The van der Waals surface area contributed by atoms with E-state index in [0.717, 1.165) is 24.1 Å². The van der Waals surface area contributed by atoms with Crippen LogP contribution in [0.25, 0.3) is 0 Å². The lowest BCUT2D eigenvalue weighted by Crippen LogP contribution is -2.47. The number of unbranched alkanes of at least 4 members (excludes halogenated alkanes) is 1. The Hall–Kier alpha value is -3.65. The van der Waals surface area contributed by atoms with E-state index in [1.807, 2.05) is 32.8 Å². The van der Waals surface area contributed by atoms with Crippen molar-refractivity contribution in [3.8, 4) is 0 Å². The van der Waals surface area contributed by atoms with Crippen LogP contribution in [0.5, 0.6) is 0 Å². The first-order valence-corrected chi connectivity index (χ1v) is 21.1. The fourth-order valence-corrected chi connectivity index (χ4v) is 9.44. The van der Waals surface area contributed by atoms with Gasteiger partial charge in [0, 0.05) is 36.8 Å². The van der Waals surface area contributed by atoms with Crippen LogP contribution in [0.4, 0.5) is 16.2 Å². The first kappa shape index (κ1) is 44.1. The number of hydrogen-bond donors (Lipinski definition) is 6. The molecule has 0 spiro atoms. The molecule has 0 radical (unpaired) electrons. The molecule has 1 aliphatic rings. The number of anilines is 2. The highest BCUT2D eigenvalue weighted by atomic mass is 32.3. The van der Waals surface area contributed by atoms with Crippen molar-refractivity contribution in [2.75, 3.05) is 50.0 Å². The Morgan fingerprint density at radius 1 is 1.02 bits per heavy atom. The molecular weight excluding hydrogens is 755 g/mol. The molecular formula is C38H53N3O12S2. The summed E-state index contributed by atoms with van der Waals surface area (Å²) in [4.78, 5) is 15.1. The molecule has 17 heteroatoms. The van der Waals surface area contributed by atoms with Gasteiger partial charge in [0.05, 0.1) is 36.6 Å². The maximum Gasteiger partial charge on any atom is 0.397 e. The van der Waals surface area contributed by atoms with E-state index in [2.05, 4.69) is 14.8 Å². The van der Waals surface area contributed by atoms with Crippen LogP contribution in [0.1, 0.15) is 62.1 Å². The third-order valence-electron chi connectivity index (χ3n) is 10.00. The lowest BCUT2D eigenvalue weighted by Gasteiger charge is -2.39. The average Bonchev–Trinajstić information content (AvgIpc) is 3.21. The number of benzene rings is 3. The summed E-state index contributed by atoms with van der Waals surface area (Å²) in [6, 6.07) is 20.0. The Bertz CT molecular complexity index is 1930. The number of nitrogens with zero attached hydrogens (tertiary/aromatic N) is 1. The number of rotatable bonds is 19. The molecule has 0 aliphatic carbocycles. The summed E-state index contributed by atoms with van der Waals surface area (Å²) in [6.45, 7) is 1.80. The number of fused-ring (bicyclic) bond motifs is 1. The number of aliphatic hydroxyl groups excluding tert-OH is 3. The van der Waals surface area contributed by atoms with Gasteiger partial charge >= 0.3 is 16.4 Å². The lowest BCUT2D eigenvalue weighted by molar-refractivity contribution is -0.138. The standard InChI is InChI=1S/C38H53N3O12S2/c1-5-7-18-38(6-2)24-54(46,47)33-17-16-29(41(3)4)20-30(33)34(36(38)44)27-14-11-15-28(19-27)40-37(45)39-25-52-32(23-53-55(48,49)50)35(43)31(21-42)51-22-26-12-9-8-10-13-26/h8-17,19-20,31-32,34-36,42-44H,5-7,18,21-25H2,1-4H3,(H2,39,40,45)(H,48,49,50)/t31-,32-,34-,35+,36-,38-/m1/s1. The zero-order chi connectivity index (χ0) is 40.4. The van der Waals surface area contributed by atoms with Gasteiger partial charge in [-0.05, 0) is 59.9 Å². The molecule has 0 bridgehead atoms. The maximum absolute atomic E-state index is 14.0. The Kier molecular flexibility index (Phi) is 15.6. The van der Waals surface area contributed by atoms with Crippen molar-refractivity contribution in [3.05, 3.63) is 89.5 Å². The number of hydrogen-bond acceptors (Lipinski definition) is 12. The van der Waals surface area contributed by atoms with Gasteiger partial charge in [-0.1, -0.05) is 69.2 Å². The lowest BCUT2D eigenvalue weighted by atomic mass is 9.69. The van der Waals surface area contributed by atoms with E-state index >= 15 is 0 Å². The summed E-state index contributed by atoms with van der Waals surface area (Å²) in [6.07, 6.45) is -2.99. The van der Waals surface area contributed by atoms with Crippen molar-refractivity contribution >= 4 is 37.6 Å². The molecule has 1 aliphatic heterocycles. The van der Waals surface area contributed by atoms with Crippen LogP contribution in [0.15, 0.2) is 77.7 Å². The van der Waals surface area contributed by atoms with E-state index in [9.17, 15) is 36.9 Å². The molecule has 6 atom stereocenters. The average molecular weight is 808 g/mol. The van der Waals surface area contributed by atoms with E-state index in [4.69, 9.17) is 14.0 Å². The minimum absolute atomic E-state index is 0.00296. The zero-order valence-corrected chi connectivity index (χ0v) is 33.1. The van der Waals surface area contributed by atoms with Crippen LogP contribution >= 0.6 is 0 Å². The molecule has 2 amide bonds. The van der Waals surface area contributed by atoms with Gasteiger partial charge in [0.1, 0.15) is 25.0 Å². The van der Waals surface area contributed by atoms with Crippen LogP contribution in [0, 0.1) is 5.41 Å². The van der Waals surface area contributed by atoms with E-state index in [1.165, 1.54) is 0 Å². The summed E-state index contributed by atoms with van der Waals surface area (Å²) in [5, 5.41) is 38.2. The van der Waals surface area contributed by atoms with E-state index < -0.39 is 82.0 Å². The van der Waals surface area contributed by atoms with Crippen molar-refractivity contribution in [2.24, 2.45) is 5.41 Å². The molecule has 1 heterocycles. The Balaban J connectivity index is 1.54. The van der Waals surface area contributed by atoms with Gasteiger partial charge in [0.2, 0.25) is 0 Å². The van der Waals surface area contributed by atoms with Crippen LogP contribution in [0.2, 0.25) is 0 Å². The quantitative estimate of drug-likeness (QED) is 0.0750. The zero-order valence-electron chi connectivity index (χ0n) is 31.5. The summed E-state index contributed by atoms with van der Waals surface area (Å²) in [5.41, 5.74) is 1.93. The molecule has 0 saturated heterocycles. The monoisotopic (exact) mass is 807 g/mol. The predicted octanol–water partition coefficient (Wildman–Crippen LogP) is 3.84. The van der Waals surface area contributed by atoms with Crippen LogP contribution in [-0.4, -0.2) is 107 Å². The number of carbonyl (C=O) groups is 1. The number of sulfone groups is 1. The Morgan fingerprint density at radius 3 is 2.38 bits per heavy atom. The first-order chi connectivity index (χ1) is 26.0. The van der Waals surface area contributed by atoms with Crippen molar-refractivity contribution in [3.63, 3.8) is 0 Å². The van der Waals surface area contributed by atoms with Gasteiger partial charge in [0.15, 0.2) is 9.84 Å². The molecule has 3 aromatic rings. The summed E-state index contributed by atoms with van der Waals surface area (Å²) in [7, 11) is -5.05. The number of carbonyl (C=O) groups excluding carboxylic acids is 1. The van der Waals surface area contributed by atoms with Crippen molar-refractivity contribution < 1.29 is 55.2 Å². The highest BCUT2D eigenvalue weighted by Crippen LogP contribution is 2.49. The molecule has 0 fully saturated rings. The predicted molar refractivity (Wildman–Crippen MR) is 207 cm³/mol. The second kappa shape index (κ2) is 19.5. The summed E-state index contributed by atoms with van der Waals surface area (Å²) in [5.74, 6) is -0.961. The SMILES string of the molecule is CCCC[C@]1(CC)CS(=O)(=O)c2ccc(N(C)C)cc2[C@@H](c2cccc(NC(=O)NCO[C@H](COS(=O)(=O)O)[C@@H](O)[C@@H](CO)OCc3ccccc3)c2)[C@H]1O. The van der Waals surface area contributed by atoms with Gasteiger partial charge in [-0.25, -0.2) is 17.4 Å². The smallest absolute Gasteiger partial charge is 0.394 e. The summed E-state index contributed by atoms with van der Waals surface area (Å²) < 4.78 is 75.3. The van der Waals surface area contributed by atoms with Crippen molar-refractivity contribution in [2.45, 2.75) is 81.4 Å². The molecule has 0 unspecified atom stereocenters. The highest BCUT2D eigenvalue weighted by Gasteiger charge is 2.49. The molecule has 6 N–H and O–H groups in total. The van der Waals surface area contributed by atoms with Gasteiger partial charge in [-0.15, -0.1) is 0 Å². The van der Waals surface area contributed by atoms with E-state index in [-0.39, 0.29) is 17.3 Å². The van der Waals surface area contributed by atoms with Crippen LogP contribution in [0.3, 0.4) is 0 Å². The largest absolute Gasteiger partial charge is 0.397 e. The number of ether oxygens (including phenoxy) is 2. The molecule has 55 heavy (non-hydrogen) atoms. The third kappa shape index (κ3) is 11.7. The number of urea groups is 1. The highest BCUT2D eigenvalue weighted by molar-refractivity contribution is 7.91. The number of aliphatic hydroxyl groups is 3. The van der Waals surface area contributed by atoms with Gasteiger partial charge in [0.25, 0.3) is 0 Å². The van der Waals surface area contributed by atoms with Crippen LogP contribution in [-0.2, 0) is 40.5 Å².